The zero-order valence-corrected chi connectivity index (χ0v) is 17.1. The van der Waals surface area contributed by atoms with E-state index in [1.54, 1.807) is 12.4 Å². The Bertz CT molecular complexity index is 1040. The molecule has 5 rings (SSSR count). The molecular weight excluding hydrogens is 384 g/mol. The minimum absolute atomic E-state index is 0.0902. The highest BCUT2D eigenvalue weighted by atomic mass is 16.5. The van der Waals surface area contributed by atoms with Gasteiger partial charge in [-0.3, -0.25) is 0 Å². The largest absolute Gasteiger partial charge is 0.465 e. The monoisotopic (exact) mass is 410 g/mol. The molecule has 1 aromatic carbocycles. The number of rotatable bonds is 4. The standard InChI is InChI=1S/C22H26N4O4/c1-28-22(27)16-12-15(18-8-9-23-25(18)20-6-2-4-10-29-20)13-19-17(16)14-24-26(19)21-7-3-5-11-30-21/h8-9,12-14,20-21H,2-7,10-11H2,1H3. The Balaban J connectivity index is 1.64. The molecule has 0 saturated carbocycles. The number of ether oxygens (including phenoxy) is 3. The highest BCUT2D eigenvalue weighted by Gasteiger charge is 2.24. The van der Waals surface area contributed by atoms with E-state index >= 15 is 0 Å². The van der Waals surface area contributed by atoms with Crippen molar-refractivity contribution in [3.05, 3.63) is 36.2 Å². The second-order valence-corrected chi connectivity index (χ2v) is 7.84. The first-order valence-corrected chi connectivity index (χ1v) is 10.6. The predicted molar refractivity (Wildman–Crippen MR) is 110 cm³/mol. The number of fused-ring (bicyclic) bond motifs is 1. The topological polar surface area (TPSA) is 80.4 Å². The average molecular weight is 410 g/mol. The van der Waals surface area contributed by atoms with Gasteiger partial charge in [-0.15, -0.1) is 0 Å². The maximum Gasteiger partial charge on any atom is 0.338 e. The molecule has 3 aromatic rings. The first-order chi connectivity index (χ1) is 14.8. The second-order valence-electron chi connectivity index (χ2n) is 7.84. The molecule has 2 saturated heterocycles. The Labute approximate surface area is 174 Å². The van der Waals surface area contributed by atoms with E-state index in [0.717, 1.165) is 73.9 Å². The minimum atomic E-state index is -0.383. The summed E-state index contributed by atoms with van der Waals surface area (Å²) in [5, 5.41) is 9.85. The SMILES string of the molecule is COC(=O)c1cc(-c2ccnn2C2CCCCO2)cc2c1cnn2C1CCCCO1. The van der Waals surface area contributed by atoms with Gasteiger partial charge in [0.1, 0.15) is 0 Å². The summed E-state index contributed by atoms with van der Waals surface area (Å²) in [6.45, 7) is 1.46. The summed E-state index contributed by atoms with van der Waals surface area (Å²) >= 11 is 0. The highest BCUT2D eigenvalue weighted by molar-refractivity contribution is 6.05. The average Bonchev–Trinajstić information content (AvgIpc) is 3.46. The lowest BCUT2D eigenvalue weighted by Gasteiger charge is -2.25. The number of carbonyl (C=O) groups excluding carboxylic acids is 1. The summed E-state index contributed by atoms with van der Waals surface area (Å²) in [6, 6.07) is 5.87. The van der Waals surface area contributed by atoms with Crippen LogP contribution in [0.15, 0.2) is 30.6 Å². The van der Waals surface area contributed by atoms with Gasteiger partial charge in [-0.2, -0.15) is 10.2 Å². The first-order valence-electron chi connectivity index (χ1n) is 10.6. The third-order valence-electron chi connectivity index (χ3n) is 5.94. The van der Waals surface area contributed by atoms with Crippen molar-refractivity contribution < 1.29 is 19.0 Å². The van der Waals surface area contributed by atoms with Gasteiger partial charge in [0.15, 0.2) is 12.5 Å². The van der Waals surface area contributed by atoms with E-state index in [1.165, 1.54) is 7.11 Å². The van der Waals surface area contributed by atoms with Gasteiger partial charge in [0.05, 0.1) is 30.1 Å². The molecule has 2 aromatic heterocycles. The molecule has 0 aliphatic carbocycles. The summed E-state index contributed by atoms with van der Waals surface area (Å²) in [5.41, 5.74) is 3.14. The zero-order valence-electron chi connectivity index (χ0n) is 17.1. The molecule has 0 spiro atoms. The molecule has 2 aliphatic heterocycles. The van der Waals surface area contributed by atoms with Gasteiger partial charge in [-0.25, -0.2) is 14.2 Å². The Morgan fingerprint density at radius 1 is 1.03 bits per heavy atom. The molecule has 4 heterocycles. The smallest absolute Gasteiger partial charge is 0.338 e. The predicted octanol–water partition coefficient (Wildman–Crippen LogP) is 4.08. The zero-order chi connectivity index (χ0) is 20.5. The van der Waals surface area contributed by atoms with E-state index in [0.29, 0.717) is 5.56 Å². The molecule has 2 aliphatic rings. The Hall–Kier alpha value is -2.71. The van der Waals surface area contributed by atoms with Crippen LogP contribution in [0.25, 0.3) is 22.2 Å². The fraction of sp³-hybridized carbons (Fsp3) is 0.500. The van der Waals surface area contributed by atoms with Crippen molar-refractivity contribution in [3.63, 3.8) is 0 Å². The molecule has 30 heavy (non-hydrogen) atoms. The van der Waals surface area contributed by atoms with Crippen LogP contribution >= 0.6 is 0 Å². The van der Waals surface area contributed by atoms with E-state index in [2.05, 4.69) is 16.3 Å². The summed E-state index contributed by atoms with van der Waals surface area (Å²) in [4.78, 5) is 12.6. The van der Waals surface area contributed by atoms with E-state index < -0.39 is 0 Å². The molecule has 8 heteroatoms. The van der Waals surface area contributed by atoms with Gasteiger partial charge in [0.2, 0.25) is 0 Å². The van der Waals surface area contributed by atoms with E-state index in [1.807, 2.05) is 21.5 Å². The van der Waals surface area contributed by atoms with Crippen LogP contribution in [0, 0.1) is 0 Å². The van der Waals surface area contributed by atoms with Crippen molar-refractivity contribution in [2.24, 2.45) is 0 Å². The van der Waals surface area contributed by atoms with Crippen LogP contribution in [0.1, 0.15) is 61.3 Å². The van der Waals surface area contributed by atoms with E-state index in [-0.39, 0.29) is 18.4 Å². The molecule has 2 fully saturated rings. The van der Waals surface area contributed by atoms with Gasteiger partial charge in [-0.1, -0.05) is 0 Å². The van der Waals surface area contributed by atoms with Crippen molar-refractivity contribution in [2.45, 2.75) is 51.0 Å². The van der Waals surface area contributed by atoms with E-state index in [4.69, 9.17) is 14.2 Å². The lowest BCUT2D eigenvalue weighted by molar-refractivity contribution is -0.0384. The van der Waals surface area contributed by atoms with Gasteiger partial charge in [0.25, 0.3) is 0 Å². The van der Waals surface area contributed by atoms with Gasteiger partial charge in [0, 0.05) is 30.4 Å². The summed E-state index contributed by atoms with van der Waals surface area (Å²) in [5.74, 6) is -0.383. The highest BCUT2D eigenvalue weighted by Crippen LogP contribution is 2.34. The number of aromatic nitrogens is 4. The van der Waals surface area contributed by atoms with Crippen molar-refractivity contribution >= 4 is 16.9 Å². The minimum Gasteiger partial charge on any atom is -0.465 e. The number of esters is 1. The summed E-state index contributed by atoms with van der Waals surface area (Å²) in [7, 11) is 1.40. The van der Waals surface area contributed by atoms with Crippen LogP contribution < -0.4 is 0 Å². The Morgan fingerprint density at radius 3 is 2.43 bits per heavy atom. The van der Waals surface area contributed by atoms with E-state index in [9.17, 15) is 4.79 Å². The Morgan fingerprint density at radius 2 is 1.77 bits per heavy atom. The number of hydrogen-bond acceptors (Lipinski definition) is 6. The molecule has 0 N–H and O–H groups in total. The van der Waals surface area contributed by atoms with Crippen LogP contribution in [-0.2, 0) is 14.2 Å². The fourth-order valence-electron chi connectivity index (χ4n) is 4.41. The molecule has 0 radical (unpaired) electrons. The normalized spacial score (nSPS) is 22.3. The fourth-order valence-corrected chi connectivity index (χ4v) is 4.41. The van der Waals surface area contributed by atoms with Crippen molar-refractivity contribution in [1.29, 1.82) is 0 Å². The molecule has 8 nitrogen and oxygen atoms in total. The van der Waals surface area contributed by atoms with Crippen LogP contribution in [0.4, 0.5) is 0 Å². The number of nitrogens with zero attached hydrogens (tertiary/aromatic N) is 4. The molecule has 0 amide bonds. The van der Waals surface area contributed by atoms with Crippen molar-refractivity contribution in [3.8, 4) is 11.3 Å². The van der Waals surface area contributed by atoms with Crippen LogP contribution in [0.2, 0.25) is 0 Å². The third kappa shape index (κ3) is 3.40. The number of benzene rings is 1. The first kappa shape index (κ1) is 19.3. The second kappa shape index (κ2) is 8.20. The van der Waals surface area contributed by atoms with Crippen molar-refractivity contribution in [2.75, 3.05) is 20.3 Å². The third-order valence-corrected chi connectivity index (χ3v) is 5.94. The van der Waals surface area contributed by atoms with Gasteiger partial charge >= 0.3 is 5.97 Å². The number of carbonyl (C=O) groups is 1. The number of methoxy groups -OCH3 is 1. The van der Waals surface area contributed by atoms with Crippen LogP contribution in [-0.4, -0.2) is 45.9 Å². The molecule has 2 unspecified atom stereocenters. The quantitative estimate of drug-likeness (QED) is 0.603. The molecular formula is C22H26N4O4. The number of hydrogen-bond donors (Lipinski definition) is 0. The van der Waals surface area contributed by atoms with Crippen LogP contribution in [0.3, 0.4) is 0 Å². The summed E-state index contributed by atoms with van der Waals surface area (Å²) < 4.78 is 20.8. The van der Waals surface area contributed by atoms with Gasteiger partial charge < -0.3 is 14.2 Å². The molecule has 158 valence electrons. The van der Waals surface area contributed by atoms with Gasteiger partial charge in [-0.05, 0) is 56.7 Å². The lowest BCUT2D eigenvalue weighted by atomic mass is 10.0. The molecule has 2 atom stereocenters. The Kier molecular flexibility index (Phi) is 5.26. The summed E-state index contributed by atoms with van der Waals surface area (Å²) in [6.07, 6.45) is 9.47. The maximum atomic E-state index is 12.6. The lowest BCUT2D eigenvalue weighted by Crippen LogP contribution is -2.20. The van der Waals surface area contributed by atoms with Crippen LogP contribution in [0.5, 0.6) is 0 Å². The van der Waals surface area contributed by atoms with Crippen molar-refractivity contribution in [1.82, 2.24) is 19.6 Å². The maximum absolute atomic E-state index is 12.6. The molecule has 0 bridgehead atoms.